The molecule has 0 saturated heterocycles. The third-order valence-electron chi connectivity index (χ3n) is 3.41. The average molecular weight is 398 g/mol. The molecule has 4 nitrogen and oxygen atoms in total. The maximum absolute atomic E-state index is 12.3. The lowest BCUT2D eigenvalue weighted by molar-refractivity contribution is 0.222. The summed E-state index contributed by atoms with van der Waals surface area (Å²) in [4.78, 5) is 0.236. The molecule has 1 N–H and O–H groups in total. The van der Waals surface area contributed by atoms with E-state index in [-0.39, 0.29) is 17.5 Å². The molecule has 6 heteroatoms. The van der Waals surface area contributed by atoms with Crippen LogP contribution in [0, 0.1) is 13.8 Å². The average Bonchev–Trinajstić information content (AvgIpc) is 2.50. The van der Waals surface area contributed by atoms with Gasteiger partial charge in [0.1, 0.15) is 11.9 Å². The van der Waals surface area contributed by atoms with Gasteiger partial charge in [-0.05, 0) is 56.2 Å². The molecule has 1 atom stereocenters. The first-order valence-electron chi connectivity index (χ1n) is 7.27. The summed E-state index contributed by atoms with van der Waals surface area (Å²) in [5.74, 6) is 0.808. The number of rotatable bonds is 6. The first kappa shape index (κ1) is 18.0. The third kappa shape index (κ3) is 4.80. The Bertz CT molecular complexity index is 753. The van der Waals surface area contributed by atoms with Crippen LogP contribution in [0.5, 0.6) is 5.75 Å². The highest BCUT2D eigenvalue weighted by Gasteiger charge is 2.16. The first-order valence-corrected chi connectivity index (χ1v) is 9.55. The highest BCUT2D eigenvalue weighted by Crippen LogP contribution is 2.23. The molecule has 0 aromatic heterocycles. The van der Waals surface area contributed by atoms with Crippen LogP contribution in [0.4, 0.5) is 0 Å². The van der Waals surface area contributed by atoms with Crippen molar-refractivity contribution in [2.75, 3.05) is 6.54 Å². The maximum atomic E-state index is 12.3. The minimum Gasteiger partial charge on any atom is -0.489 e. The highest BCUT2D eigenvalue weighted by molar-refractivity contribution is 9.10. The largest absolute Gasteiger partial charge is 0.489 e. The fraction of sp³-hybridized carbons (Fsp3) is 0.294. The van der Waals surface area contributed by atoms with E-state index in [2.05, 4.69) is 20.7 Å². The van der Waals surface area contributed by atoms with Gasteiger partial charge in [0.15, 0.2) is 0 Å². The summed E-state index contributed by atoms with van der Waals surface area (Å²) in [7, 11) is -3.54. The Labute approximate surface area is 146 Å². The maximum Gasteiger partial charge on any atom is 0.240 e. The van der Waals surface area contributed by atoms with Crippen LogP contribution in [-0.2, 0) is 10.0 Å². The summed E-state index contributed by atoms with van der Waals surface area (Å²) in [5, 5.41) is 0. The lowest BCUT2D eigenvalue weighted by Crippen LogP contribution is -2.33. The predicted molar refractivity (Wildman–Crippen MR) is 95.3 cm³/mol. The molecule has 0 heterocycles. The number of halogens is 1. The zero-order valence-corrected chi connectivity index (χ0v) is 15.7. The van der Waals surface area contributed by atoms with Crippen LogP contribution < -0.4 is 9.46 Å². The van der Waals surface area contributed by atoms with Gasteiger partial charge in [-0.25, -0.2) is 13.1 Å². The van der Waals surface area contributed by atoms with Crippen molar-refractivity contribution in [2.45, 2.75) is 31.8 Å². The lowest BCUT2D eigenvalue weighted by atomic mass is 10.1. The van der Waals surface area contributed by atoms with Crippen LogP contribution in [-0.4, -0.2) is 21.1 Å². The van der Waals surface area contributed by atoms with Crippen LogP contribution in [0.3, 0.4) is 0 Å². The van der Waals surface area contributed by atoms with Crippen molar-refractivity contribution >= 4 is 26.0 Å². The molecule has 0 spiro atoms. The monoisotopic (exact) mass is 397 g/mol. The van der Waals surface area contributed by atoms with E-state index < -0.39 is 10.0 Å². The molecule has 0 aliphatic carbocycles. The van der Waals surface area contributed by atoms with Crippen molar-refractivity contribution in [2.24, 2.45) is 0 Å². The molecule has 0 bridgehead atoms. The fourth-order valence-electron chi connectivity index (χ4n) is 2.15. The van der Waals surface area contributed by atoms with Crippen molar-refractivity contribution in [3.05, 3.63) is 58.1 Å². The van der Waals surface area contributed by atoms with Crippen molar-refractivity contribution in [3.63, 3.8) is 0 Å². The summed E-state index contributed by atoms with van der Waals surface area (Å²) < 4.78 is 33.8. The van der Waals surface area contributed by atoms with Crippen LogP contribution in [0.2, 0.25) is 0 Å². The molecule has 124 valence electrons. The van der Waals surface area contributed by atoms with Gasteiger partial charge in [0.2, 0.25) is 10.0 Å². The van der Waals surface area contributed by atoms with E-state index in [1.807, 2.05) is 39.0 Å². The predicted octanol–water partition coefficient (Wildman–Crippen LogP) is 3.81. The molecule has 2 aromatic carbocycles. The molecule has 0 radical (unpaired) electrons. The molecule has 0 amide bonds. The molecule has 0 saturated carbocycles. The van der Waals surface area contributed by atoms with Gasteiger partial charge in [0, 0.05) is 11.0 Å². The highest BCUT2D eigenvalue weighted by atomic mass is 79.9. The van der Waals surface area contributed by atoms with Gasteiger partial charge < -0.3 is 4.74 Å². The second-order valence-electron chi connectivity index (χ2n) is 5.46. The van der Waals surface area contributed by atoms with Crippen molar-refractivity contribution in [1.82, 2.24) is 4.72 Å². The second-order valence-corrected chi connectivity index (χ2v) is 8.14. The molecule has 0 aliphatic heterocycles. The van der Waals surface area contributed by atoms with Crippen molar-refractivity contribution < 1.29 is 13.2 Å². The number of aryl methyl sites for hydroxylation is 2. The van der Waals surface area contributed by atoms with Crippen LogP contribution >= 0.6 is 15.9 Å². The number of hydrogen-bond acceptors (Lipinski definition) is 3. The normalized spacial score (nSPS) is 12.9. The molecule has 0 aliphatic rings. The number of sulfonamides is 1. The zero-order chi connectivity index (χ0) is 17.0. The first-order chi connectivity index (χ1) is 10.8. The van der Waals surface area contributed by atoms with Gasteiger partial charge in [-0.2, -0.15) is 0 Å². The minimum atomic E-state index is -3.54. The molecule has 0 fully saturated rings. The topological polar surface area (TPSA) is 55.4 Å². The quantitative estimate of drug-likeness (QED) is 0.805. The fourth-order valence-corrected chi connectivity index (χ4v) is 3.53. The van der Waals surface area contributed by atoms with Crippen molar-refractivity contribution in [3.8, 4) is 5.75 Å². The molecule has 2 aromatic rings. The summed E-state index contributed by atoms with van der Waals surface area (Å²) in [6, 6.07) is 12.4. The van der Waals surface area contributed by atoms with Gasteiger partial charge >= 0.3 is 0 Å². The van der Waals surface area contributed by atoms with Crippen LogP contribution in [0.15, 0.2) is 51.8 Å². The van der Waals surface area contributed by atoms with Gasteiger partial charge in [0.05, 0.1) is 4.90 Å². The Balaban J connectivity index is 2.01. The van der Waals surface area contributed by atoms with E-state index in [0.29, 0.717) is 0 Å². The van der Waals surface area contributed by atoms with E-state index in [9.17, 15) is 8.42 Å². The number of para-hydroxylation sites is 1. The number of benzene rings is 2. The smallest absolute Gasteiger partial charge is 0.240 e. The SMILES string of the molecule is Cc1cccc(C)c1OC(C)CNS(=O)(=O)c1ccc(Br)cc1. The summed E-state index contributed by atoms with van der Waals surface area (Å²) in [6.07, 6.45) is -0.278. The minimum absolute atomic E-state index is 0.201. The third-order valence-corrected chi connectivity index (χ3v) is 5.38. The Morgan fingerprint density at radius 3 is 2.22 bits per heavy atom. The summed E-state index contributed by atoms with van der Waals surface area (Å²) >= 11 is 3.29. The van der Waals surface area contributed by atoms with Gasteiger partial charge in [-0.3, -0.25) is 0 Å². The van der Waals surface area contributed by atoms with Crippen LogP contribution in [0.25, 0.3) is 0 Å². The zero-order valence-electron chi connectivity index (χ0n) is 13.3. The molecule has 23 heavy (non-hydrogen) atoms. The Kier molecular flexibility index (Phi) is 5.84. The number of ether oxygens (including phenoxy) is 1. The van der Waals surface area contributed by atoms with E-state index >= 15 is 0 Å². The molecular formula is C17H20BrNO3S. The van der Waals surface area contributed by atoms with Crippen molar-refractivity contribution in [1.29, 1.82) is 0 Å². The summed E-state index contributed by atoms with van der Waals surface area (Å²) in [6.45, 7) is 5.99. The van der Waals surface area contributed by atoms with Gasteiger partial charge in [-0.1, -0.05) is 34.1 Å². The van der Waals surface area contributed by atoms with Gasteiger partial charge in [0.25, 0.3) is 0 Å². The molecular weight excluding hydrogens is 378 g/mol. The summed E-state index contributed by atoms with van der Waals surface area (Å²) in [5.41, 5.74) is 2.07. The second kappa shape index (κ2) is 7.47. The lowest BCUT2D eigenvalue weighted by Gasteiger charge is -2.18. The van der Waals surface area contributed by atoms with E-state index in [1.165, 1.54) is 0 Å². The van der Waals surface area contributed by atoms with Gasteiger partial charge in [-0.15, -0.1) is 0 Å². The molecule has 2 rings (SSSR count). The molecule has 1 unspecified atom stereocenters. The Morgan fingerprint density at radius 1 is 1.09 bits per heavy atom. The number of nitrogens with one attached hydrogen (secondary N) is 1. The standard InChI is InChI=1S/C17H20BrNO3S/c1-12-5-4-6-13(2)17(12)22-14(3)11-19-23(20,21)16-9-7-15(18)8-10-16/h4-10,14,19H,11H2,1-3H3. The van der Waals surface area contributed by atoms with Crippen LogP contribution in [0.1, 0.15) is 18.1 Å². The Hall–Kier alpha value is -1.37. The Morgan fingerprint density at radius 2 is 1.65 bits per heavy atom. The van der Waals surface area contributed by atoms with E-state index in [1.54, 1.807) is 24.3 Å². The van der Waals surface area contributed by atoms with E-state index in [0.717, 1.165) is 21.3 Å². The van der Waals surface area contributed by atoms with E-state index in [4.69, 9.17) is 4.74 Å². The number of hydrogen-bond donors (Lipinski definition) is 1.